The van der Waals surface area contributed by atoms with Gasteiger partial charge in [0.05, 0.1) is 5.69 Å². The molecular weight excluding hydrogens is 378 g/mol. The van der Waals surface area contributed by atoms with Crippen molar-refractivity contribution in [2.24, 2.45) is 0 Å². The summed E-state index contributed by atoms with van der Waals surface area (Å²) < 4.78 is 5.32. The molecule has 3 aromatic heterocycles. The first kappa shape index (κ1) is 16.2. The van der Waals surface area contributed by atoms with Crippen molar-refractivity contribution in [3.05, 3.63) is 78.0 Å². The van der Waals surface area contributed by atoms with Gasteiger partial charge in [-0.3, -0.25) is 4.98 Å². The van der Waals surface area contributed by atoms with E-state index in [2.05, 4.69) is 80.7 Å². The van der Waals surface area contributed by atoms with E-state index in [9.17, 15) is 0 Å². The van der Waals surface area contributed by atoms with Gasteiger partial charge in [0.25, 0.3) is 0 Å². The van der Waals surface area contributed by atoms with Crippen LogP contribution >= 0.6 is 22.7 Å². The zero-order chi connectivity index (χ0) is 18.8. The summed E-state index contributed by atoms with van der Waals surface area (Å²) in [6.45, 7) is 4.31. The first-order valence-corrected chi connectivity index (χ1v) is 11.0. The molecule has 6 aromatic rings. The minimum Gasteiger partial charge on any atom is -0.255 e. The predicted molar refractivity (Wildman–Crippen MR) is 125 cm³/mol. The number of benzene rings is 3. The molecule has 0 amide bonds. The van der Waals surface area contributed by atoms with Crippen molar-refractivity contribution in [1.82, 2.24) is 4.98 Å². The van der Waals surface area contributed by atoms with E-state index in [1.54, 1.807) is 0 Å². The van der Waals surface area contributed by atoms with Crippen molar-refractivity contribution in [3.8, 4) is 11.3 Å². The normalized spacial score (nSPS) is 11.9. The third-order valence-corrected chi connectivity index (χ3v) is 7.76. The highest BCUT2D eigenvalue weighted by Gasteiger charge is 2.13. The monoisotopic (exact) mass is 395 g/mol. The Balaban J connectivity index is 1.63. The van der Waals surface area contributed by atoms with Crippen LogP contribution in [-0.4, -0.2) is 4.98 Å². The Kier molecular flexibility index (Phi) is 3.40. The van der Waals surface area contributed by atoms with E-state index < -0.39 is 0 Å². The van der Waals surface area contributed by atoms with Gasteiger partial charge in [-0.2, -0.15) is 0 Å². The van der Waals surface area contributed by atoms with Crippen LogP contribution in [0.25, 0.3) is 51.6 Å². The summed E-state index contributed by atoms with van der Waals surface area (Å²) >= 11 is 3.73. The molecule has 3 aromatic carbocycles. The van der Waals surface area contributed by atoms with Crippen molar-refractivity contribution in [2.75, 3.05) is 0 Å². The fourth-order valence-corrected chi connectivity index (χ4v) is 6.57. The minimum atomic E-state index is 1.06. The molecule has 28 heavy (non-hydrogen) atoms. The van der Waals surface area contributed by atoms with E-state index in [1.807, 2.05) is 22.7 Å². The molecule has 0 unspecified atom stereocenters. The third kappa shape index (κ3) is 2.33. The summed E-state index contributed by atoms with van der Waals surface area (Å²) in [7, 11) is 0. The second-order valence-corrected chi connectivity index (χ2v) is 9.59. The highest BCUT2D eigenvalue weighted by molar-refractivity contribution is 7.26. The van der Waals surface area contributed by atoms with Gasteiger partial charge in [-0.15, -0.1) is 22.7 Å². The molecule has 3 heteroatoms. The van der Waals surface area contributed by atoms with Crippen molar-refractivity contribution in [3.63, 3.8) is 0 Å². The highest BCUT2D eigenvalue weighted by Crippen LogP contribution is 2.41. The maximum absolute atomic E-state index is 4.87. The summed E-state index contributed by atoms with van der Waals surface area (Å²) in [5, 5.41) is 5.22. The van der Waals surface area contributed by atoms with Gasteiger partial charge in [0.1, 0.15) is 0 Å². The fourth-order valence-electron chi connectivity index (χ4n) is 4.03. The van der Waals surface area contributed by atoms with Gasteiger partial charge in [-0.1, -0.05) is 42.5 Å². The van der Waals surface area contributed by atoms with Crippen LogP contribution in [0.2, 0.25) is 0 Å². The molecule has 0 aliphatic heterocycles. The van der Waals surface area contributed by atoms with Crippen LogP contribution in [0.4, 0.5) is 0 Å². The number of aromatic nitrogens is 1. The van der Waals surface area contributed by atoms with Crippen LogP contribution in [0.3, 0.4) is 0 Å². The molecule has 0 aliphatic carbocycles. The predicted octanol–water partition coefficient (Wildman–Crippen LogP) is 8.10. The van der Waals surface area contributed by atoms with Crippen molar-refractivity contribution in [2.45, 2.75) is 13.8 Å². The average molecular weight is 396 g/mol. The molecule has 0 fully saturated rings. The van der Waals surface area contributed by atoms with Gasteiger partial charge >= 0.3 is 0 Å². The molecule has 0 atom stereocenters. The Morgan fingerprint density at radius 1 is 0.643 bits per heavy atom. The number of hydrogen-bond acceptors (Lipinski definition) is 3. The number of aryl methyl sites for hydroxylation is 2. The SMILES string of the molecule is Cc1ccc2c(c1)sc1cc(-c3cccc4c3sc3cc(C)ccc34)ncc12. The molecule has 0 saturated carbocycles. The lowest BCUT2D eigenvalue weighted by Gasteiger charge is -2.03. The molecule has 3 heterocycles. The van der Waals surface area contributed by atoms with Crippen molar-refractivity contribution in [1.29, 1.82) is 0 Å². The summed E-state index contributed by atoms with van der Waals surface area (Å²) in [5.41, 5.74) is 4.90. The van der Waals surface area contributed by atoms with E-state index in [1.165, 1.54) is 57.0 Å². The number of rotatable bonds is 1. The molecule has 0 bridgehead atoms. The minimum absolute atomic E-state index is 1.06. The lowest BCUT2D eigenvalue weighted by atomic mass is 10.1. The number of fused-ring (bicyclic) bond motifs is 6. The number of thiophene rings is 2. The van der Waals surface area contributed by atoms with Crippen LogP contribution in [0.5, 0.6) is 0 Å². The van der Waals surface area contributed by atoms with Crippen molar-refractivity contribution < 1.29 is 0 Å². The summed E-state index contributed by atoms with van der Waals surface area (Å²) in [4.78, 5) is 4.87. The molecule has 0 aliphatic rings. The highest BCUT2D eigenvalue weighted by atomic mass is 32.1. The molecule has 0 spiro atoms. The van der Waals surface area contributed by atoms with Gasteiger partial charge in [-0.25, -0.2) is 0 Å². The van der Waals surface area contributed by atoms with E-state index in [4.69, 9.17) is 4.98 Å². The second kappa shape index (κ2) is 5.87. The second-order valence-electron chi connectivity index (χ2n) is 7.45. The zero-order valence-corrected chi connectivity index (χ0v) is 17.2. The van der Waals surface area contributed by atoms with Crippen molar-refractivity contribution >= 4 is 63.0 Å². The largest absolute Gasteiger partial charge is 0.255 e. The molecule has 0 saturated heterocycles. The maximum Gasteiger partial charge on any atom is 0.0730 e. The Morgan fingerprint density at radius 2 is 1.32 bits per heavy atom. The molecule has 1 nitrogen and oxygen atoms in total. The Labute approximate surface area is 170 Å². The first-order valence-electron chi connectivity index (χ1n) is 9.38. The van der Waals surface area contributed by atoms with Crippen LogP contribution in [0.15, 0.2) is 66.9 Å². The van der Waals surface area contributed by atoms with Gasteiger partial charge in [0.2, 0.25) is 0 Å². The first-order chi connectivity index (χ1) is 13.7. The molecule has 0 N–H and O–H groups in total. The smallest absolute Gasteiger partial charge is 0.0730 e. The van der Waals surface area contributed by atoms with E-state index in [-0.39, 0.29) is 0 Å². The summed E-state index contributed by atoms with van der Waals surface area (Å²) in [5.74, 6) is 0. The molecule has 134 valence electrons. The van der Waals surface area contributed by atoms with E-state index >= 15 is 0 Å². The number of nitrogens with zero attached hydrogens (tertiary/aromatic N) is 1. The van der Waals surface area contributed by atoms with E-state index in [0.29, 0.717) is 0 Å². The Hall–Kier alpha value is -2.75. The fraction of sp³-hybridized carbons (Fsp3) is 0.0800. The van der Waals surface area contributed by atoms with Crippen LogP contribution < -0.4 is 0 Å². The number of pyridine rings is 1. The summed E-state index contributed by atoms with van der Waals surface area (Å²) in [6, 6.07) is 22.3. The Bertz CT molecular complexity index is 1530. The number of hydrogen-bond donors (Lipinski definition) is 0. The third-order valence-electron chi connectivity index (χ3n) is 5.44. The lowest BCUT2D eigenvalue weighted by Crippen LogP contribution is -1.83. The molecule has 6 rings (SSSR count). The maximum atomic E-state index is 4.87. The zero-order valence-electron chi connectivity index (χ0n) is 15.6. The van der Waals surface area contributed by atoms with Gasteiger partial charge in [0, 0.05) is 52.1 Å². The standard InChI is InChI=1S/C25H17NS2/c1-14-7-9-17-20-13-26-21(12-24(20)27-22(17)10-14)19-5-3-4-18-16-8-6-15(2)11-23(16)28-25(18)19/h3-13H,1-2H3. The lowest BCUT2D eigenvalue weighted by molar-refractivity contribution is 1.37. The molecule has 0 radical (unpaired) electrons. The van der Waals surface area contributed by atoms with Gasteiger partial charge in [-0.05, 0) is 43.2 Å². The van der Waals surface area contributed by atoms with Gasteiger partial charge in [0.15, 0.2) is 0 Å². The molecular formula is C25H17NS2. The van der Waals surface area contributed by atoms with E-state index in [0.717, 1.165) is 5.69 Å². The Morgan fingerprint density at radius 3 is 2.11 bits per heavy atom. The van der Waals surface area contributed by atoms with Crippen LogP contribution in [0.1, 0.15) is 11.1 Å². The van der Waals surface area contributed by atoms with Gasteiger partial charge < -0.3 is 0 Å². The quantitative estimate of drug-likeness (QED) is 0.274. The topological polar surface area (TPSA) is 12.9 Å². The van der Waals surface area contributed by atoms with Crippen LogP contribution in [-0.2, 0) is 0 Å². The summed E-state index contributed by atoms with van der Waals surface area (Å²) in [6.07, 6.45) is 2.05. The average Bonchev–Trinajstić information content (AvgIpc) is 3.23. The van der Waals surface area contributed by atoms with Crippen LogP contribution in [0, 0.1) is 13.8 Å².